The van der Waals surface area contributed by atoms with Crippen LogP contribution in [0.5, 0.6) is 0 Å². The first-order chi connectivity index (χ1) is 9.11. The number of rotatable bonds is 4. The molecule has 2 rings (SSSR count). The molecule has 0 aliphatic rings. The van der Waals surface area contributed by atoms with Gasteiger partial charge in [0.1, 0.15) is 11.4 Å². The summed E-state index contributed by atoms with van der Waals surface area (Å²) < 4.78 is 27.7. The zero-order chi connectivity index (χ0) is 13.8. The van der Waals surface area contributed by atoms with E-state index in [1.165, 1.54) is 18.3 Å². The highest BCUT2D eigenvalue weighted by Gasteiger charge is 2.11. The molecule has 0 aliphatic heterocycles. The maximum Gasteiger partial charge on any atom is 0.234 e. The summed E-state index contributed by atoms with van der Waals surface area (Å²) in [4.78, 5) is 11.0. The van der Waals surface area contributed by atoms with E-state index in [2.05, 4.69) is 15.6 Å². The minimum atomic E-state index is -1.01. The molecule has 1 heterocycles. The third-order valence-electron chi connectivity index (χ3n) is 2.37. The van der Waals surface area contributed by atoms with Gasteiger partial charge in [0.25, 0.3) is 0 Å². The molecule has 0 atom stereocenters. The lowest BCUT2D eigenvalue weighted by atomic mass is 10.3. The predicted molar refractivity (Wildman–Crippen MR) is 62.2 cm³/mol. The Kier molecular flexibility index (Phi) is 3.81. The van der Waals surface area contributed by atoms with Crippen LogP contribution in [0.2, 0.25) is 0 Å². The van der Waals surface area contributed by atoms with E-state index in [-0.39, 0.29) is 24.7 Å². The number of nitrogens with zero attached hydrogens (tertiary/aromatic N) is 3. The second kappa shape index (κ2) is 5.53. The first-order valence-corrected chi connectivity index (χ1v) is 5.44. The van der Waals surface area contributed by atoms with E-state index in [1.807, 2.05) is 0 Å². The van der Waals surface area contributed by atoms with E-state index in [9.17, 15) is 13.6 Å². The molecule has 1 aromatic heterocycles. The number of nitrogens with two attached hydrogens (primary N) is 1. The van der Waals surface area contributed by atoms with Crippen LogP contribution < -0.4 is 11.1 Å². The van der Waals surface area contributed by atoms with Crippen LogP contribution in [-0.4, -0.2) is 27.4 Å². The molecule has 0 bridgehead atoms. The first kappa shape index (κ1) is 13.1. The van der Waals surface area contributed by atoms with Crippen molar-refractivity contribution in [1.29, 1.82) is 0 Å². The van der Waals surface area contributed by atoms with Gasteiger partial charge in [0, 0.05) is 0 Å². The summed E-state index contributed by atoms with van der Waals surface area (Å²) in [6.45, 7) is -0.0143. The van der Waals surface area contributed by atoms with E-state index >= 15 is 0 Å². The van der Waals surface area contributed by atoms with Gasteiger partial charge in [-0.1, -0.05) is 11.3 Å². The quantitative estimate of drug-likeness (QED) is 0.824. The molecule has 2 aromatic rings. The van der Waals surface area contributed by atoms with Crippen molar-refractivity contribution in [1.82, 2.24) is 20.3 Å². The van der Waals surface area contributed by atoms with Crippen LogP contribution in [-0.2, 0) is 11.3 Å². The summed E-state index contributed by atoms with van der Waals surface area (Å²) in [5, 5.41) is 9.90. The number of halogens is 2. The van der Waals surface area contributed by atoms with Crippen LogP contribution in [0.3, 0.4) is 0 Å². The van der Waals surface area contributed by atoms with Crippen LogP contribution in [0.15, 0.2) is 24.4 Å². The van der Waals surface area contributed by atoms with Gasteiger partial charge in [-0.25, -0.2) is 13.5 Å². The number of aromatic nitrogens is 3. The first-order valence-electron chi connectivity index (χ1n) is 5.44. The zero-order valence-corrected chi connectivity index (χ0v) is 9.81. The van der Waals surface area contributed by atoms with Gasteiger partial charge in [0.2, 0.25) is 5.91 Å². The molecule has 1 amide bonds. The van der Waals surface area contributed by atoms with Gasteiger partial charge >= 0.3 is 0 Å². The van der Waals surface area contributed by atoms with Gasteiger partial charge in [-0.05, 0) is 12.1 Å². The Morgan fingerprint density at radius 3 is 2.95 bits per heavy atom. The van der Waals surface area contributed by atoms with Gasteiger partial charge in [-0.15, -0.1) is 5.10 Å². The second-order valence-electron chi connectivity index (χ2n) is 3.71. The number of hydrogen-bond acceptors (Lipinski definition) is 4. The Labute approximate surface area is 107 Å². The lowest BCUT2D eigenvalue weighted by Gasteiger charge is -2.02. The molecule has 8 heteroatoms. The zero-order valence-electron chi connectivity index (χ0n) is 9.81. The van der Waals surface area contributed by atoms with Crippen LogP contribution in [0.4, 0.5) is 8.78 Å². The van der Waals surface area contributed by atoms with Crippen molar-refractivity contribution in [2.75, 3.05) is 6.54 Å². The Morgan fingerprint density at radius 2 is 2.21 bits per heavy atom. The standard InChI is InChI=1S/C11H11F2N5O/c12-8-2-1-3-9(11(8)13)18-6-7(16-17-18)5-15-10(19)4-14/h1-3,6H,4-5,14H2,(H,15,19). The molecule has 0 saturated carbocycles. The fourth-order valence-electron chi connectivity index (χ4n) is 1.43. The minimum absolute atomic E-state index is 0.0519. The van der Waals surface area contributed by atoms with E-state index in [0.717, 1.165) is 10.7 Å². The summed E-state index contributed by atoms with van der Waals surface area (Å²) in [5.74, 6) is -2.32. The third kappa shape index (κ3) is 2.91. The van der Waals surface area contributed by atoms with E-state index in [0.29, 0.717) is 5.69 Å². The molecule has 0 fully saturated rings. The van der Waals surface area contributed by atoms with Crippen molar-refractivity contribution in [2.24, 2.45) is 5.73 Å². The normalized spacial score (nSPS) is 10.5. The number of carbonyl (C=O) groups excluding carboxylic acids is 1. The average Bonchev–Trinajstić information content (AvgIpc) is 2.87. The van der Waals surface area contributed by atoms with Crippen LogP contribution in [0.25, 0.3) is 5.69 Å². The predicted octanol–water partition coefficient (Wildman–Crippen LogP) is 0.120. The van der Waals surface area contributed by atoms with Gasteiger partial charge < -0.3 is 11.1 Å². The number of benzene rings is 1. The lowest BCUT2D eigenvalue weighted by molar-refractivity contribution is -0.119. The van der Waals surface area contributed by atoms with Crippen LogP contribution in [0, 0.1) is 11.6 Å². The topological polar surface area (TPSA) is 85.8 Å². The molecule has 100 valence electrons. The molecule has 0 unspecified atom stereocenters. The van der Waals surface area contributed by atoms with Gasteiger partial charge in [0.15, 0.2) is 11.6 Å². The fourth-order valence-corrected chi connectivity index (χ4v) is 1.43. The van der Waals surface area contributed by atoms with Gasteiger partial charge in [0.05, 0.1) is 19.3 Å². The Morgan fingerprint density at radius 1 is 1.42 bits per heavy atom. The Balaban J connectivity index is 2.17. The van der Waals surface area contributed by atoms with Crippen molar-refractivity contribution in [3.8, 4) is 5.69 Å². The summed E-state index contributed by atoms with van der Waals surface area (Å²) in [6.07, 6.45) is 1.40. The van der Waals surface area contributed by atoms with E-state index in [1.54, 1.807) is 0 Å². The summed E-state index contributed by atoms with van der Waals surface area (Å²) >= 11 is 0. The lowest BCUT2D eigenvalue weighted by Crippen LogP contribution is -2.29. The molecule has 3 N–H and O–H groups in total. The summed E-state index contributed by atoms with van der Waals surface area (Å²) in [7, 11) is 0. The molecule has 0 saturated heterocycles. The molecular formula is C11H11F2N5O. The van der Waals surface area contributed by atoms with Crippen molar-refractivity contribution in [3.05, 3.63) is 41.7 Å². The van der Waals surface area contributed by atoms with Crippen LogP contribution in [0.1, 0.15) is 5.69 Å². The van der Waals surface area contributed by atoms with Gasteiger partial charge in [-0.3, -0.25) is 4.79 Å². The molecule has 1 aromatic carbocycles. The third-order valence-corrected chi connectivity index (χ3v) is 2.37. The number of amides is 1. The second-order valence-corrected chi connectivity index (χ2v) is 3.71. The highest BCUT2D eigenvalue weighted by molar-refractivity contribution is 5.77. The van der Waals surface area contributed by atoms with E-state index < -0.39 is 11.6 Å². The highest BCUT2D eigenvalue weighted by atomic mass is 19.2. The van der Waals surface area contributed by atoms with Crippen molar-refractivity contribution in [3.63, 3.8) is 0 Å². The maximum absolute atomic E-state index is 13.5. The largest absolute Gasteiger partial charge is 0.349 e. The molecule has 0 radical (unpaired) electrons. The van der Waals surface area contributed by atoms with Crippen LogP contribution >= 0.6 is 0 Å². The van der Waals surface area contributed by atoms with Crippen molar-refractivity contribution in [2.45, 2.75) is 6.54 Å². The number of nitrogens with one attached hydrogen (secondary N) is 1. The summed E-state index contributed by atoms with van der Waals surface area (Å²) in [5.41, 5.74) is 5.48. The van der Waals surface area contributed by atoms with Crippen molar-refractivity contribution >= 4 is 5.91 Å². The smallest absolute Gasteiger partial charge is 0.234 e. The minimum Gasteiger partial charge on any atom is -0.349 e. The monoisotopic (exact) mass is 267 g/mol. The average molecular weight is 267 g/mol. The maximum atomic E-state index is 13.5. The van der Waals surface area contributed by atoms with Crippen molar-refractivity contribution < 1.29 is 13.6 Å². The SMILES string of the molecule is NCC(=O)NCc1cn(-c2cccc(F)c2F)nn1. The molecule has 0 spiro atoms. The summed E-state index contributed by atoms with van der Waals surface area (Å²) in [6, 6.07) is 3.75. The molecular weight excluding hydrogens is 256 g/mol. The Hall–Kier alpha value is -2.35. The molecule has 19 heavy (non-hydrogen) atoms. The number of carbonyl (C=O) groups is 1. The van der Waals surface area contributed by atoms with Gasteiger partial charge in [-0.2, -0.15) is 0 Å². The number of hydrogen-bond donors (Lipinski definition) is 2. The fraction of sp³-hybridized carbons (Fsp3) is 0.182. The molecule has 6 nitrogen and oxygen atoms in total. The Bertz CT molecular complexity index is 599. The molecule has 0 aliphatic carbocycles. The van der Waals surface area contributed by atoms with E-state index in [4.69, 9.17) is 5.73 Å². The highest BCUT2D eigenvalue weighted by Crippen LogP contribution is 2.15.